The number of aromatic carboxylic acids is 1. The van der Waals surface area contributed by atoms with Crippen molar-refractivity contribution in [1.82, 2.24) is 0 Å². The van der Waals surface area contributed by atoms with Crippen LogP contribution in [0.2, 0.25) is 0 Å². The first-order chi connectivity index (χ1) is 8.77. The van der Waals surface area contributed by atoms with E-state index in [1.807, 2.05) is 6.92 Å². The van der Waals surface area contributed by atoms with Crippen molar-refractivity contribution < 1.29 is 22.7 Å². The Morgan fingerprint density at radius 2 is 2.05 bits per heavy atom. The van der Waals surface area contributed by atoms with Gasteiger partial charge in [0.1, 0.15) is 10.7 Å². The summed E-state index contributed by atoms with van der Waals surface area (Å²) < 4.78 is 37.8. The first-order valence-corrected chi connectivity index (χ1v) is 7.68. The standard InChI is InChI=1S/C13H17FO4S/c1-3-4-9(2)8-19(17,18)12-6-5-10(13(15)16)7-11(12)14/h5-7,9H,3-4,8H2,1-2H3,(H,15,16). The van der Waals surface area contributed by atoms with Gasteiger partial charge < -0.3 is 5.11 Å². The Bertz CT molecular complexity index is 566. The number of sulfone groups is 1. The maximum absolute atomic E-state index is 13.7. The zero-order chi connectivity index (χ0) is 14.6. The van der Waals surface area contributed by atoms with Gasteiger partial charge in [-0.2, -0.15) is 0 Å². The van der Waals surface area contributed by atoms with Gasteiger partial charge in [-0.15, -0.1) is 0 Å². The van der Waals surface area contributed by atoms with Crippen LogP contribution in [0.4, 0.5) is 4.39 Å². The van der Waals surface area contributed by atoms with Gasteiger partial charge in [-0.1, -0.05) is 20.3 Å². The quantitative estimate of drug-likeness (QED) is 0.873. The molecule has 0 radical (unpaired) electrons. The second kappa shape index (κ2) is 6.14. The van der Waals surface area contributed by atoms with Gasteiger partial charge in [0.25, 0.3) is 0 Å². The van der Waals surface area contributed by atoms with Crippen molar-refractivity contribution in [3.05, 3.63) is 29.6 Å². The van der Waals surface area contributed by atoms with Crippen LogP contribution < -0.4 is 0 Å². The molecule has 1 aromatic rings. The lowest BCUT2D eigenvalue weighted by molar-refractivity contribution is 0.0696. The average molecular weight is 288 g/mol. The molecule has 0 saturated carbocycles. The number of rotatable bonds is 6. The maximum atomic E-state index is 13.7. The molecule has 0 fully saturated rings. The molecule has 1 aromatic carbocycles. The third kappa shape index (κ3) is 4.02. The van der Waals surface area contributed by atoms with Gasteiger partial charge in [0.2, 0.25) is 0 Å². The molecule has 4 nitrogen and oxygen atoms in total. The minimum atomic E-state index is -3.72. The van der Waals surface area contributed by atoms with Gasteiger partial charge in [0.15, 0.2) is 9.84 Å². The van der Waals surface area contributed by atoms with Crippen LogP contribution in [-0.4, -0.2) is 25.2 Å². The number of carbonyl (C=O) groups is 1. The van der Waals surface area contributed by atoms with Crippen molar-refractivity contribution >= 4 is 15.8 Å². The average Bonchev–Trinajstić information content (AvgIpc) is 2.27. The third-order valence-corrected chi connectivity index (χ3v) is 4.81. The summed E-state index contributed by atoms with van der Waals surface area (Å²) in [5, 5.41) is 8.70. The van der Waals surface area contributed by atoms with E-state index >= 15 is 0 Å². The minimum absolute atomic E-state index is 0.0615. The highest BCUT2D eigenvalue weighted by Crippen LogP contribution is 2.21. The van der Waals surface area contributed by atoms with E-state index in [1.54, 1.807) is 6.92 Å². The number of carboxylic acid groups (broad SMARTS) is 1. The van der Waals surface area contributed by atoms with Crippen LogP contribution in [0, 0.1) is 11.7 Å². The SMILES string of the molecule is CCCC(C)CS(=O)(=O)c1ccc(C(=O)O)cc1F. The number of hydrogen-bond donors (Lipinski definition) is 1. The topological polar surface area (TPSA) is 71.4 Å². The summed E-state index contributed by atoms with van der Waals surface area (Å²) in [4.78, 5) is 10.2. The molecule has 1 unspecified atom stereocenters. The smallest absolute Gasteiger partial charge is 0.335 e. The summed E-state index contributed by atoms with van der Waals surface area (Å²) in [7, 11) is -3.72. The third-order valence-electron chi connectivity index (χ3n) is 2.80. The molecule has 19 heavy (non-hydrogen) atoms. The number of benzene rings is 1. The van der Waals surface area contributed by atoms with Crippen LogP contribution >= 0.6 is 0 Å². The predicted molar refractivity (Wildman–Crippen MR) is 69.5 cm³/mol. The molecule has 6 heteroatoms. The molecule has 0 bridgehead atoms. The molecule has 0 aromatic heterocycles. The van der Waals surface area contributed by atoms with Gasteiger partial charge in [0, 0.05) is 0 Å². The summed E-state index contributed by atoms with van der Waals surface area (Å²) in [6.45, 7) is 3.75. The van der Waals surface area contributed by atoms with E-state index in [0.717, 1.165) is 31.0 Å². The van der Waals surface area contributed by atoms with Crippen LogP contribution in [0.3, 0.4) is 0 Å². The molecule has 0 amide bonds. The molecule has 0 heterocycles. The maximum Gasteiger partial charge on any atom is 0.335 e. The number of halogens is 1. The largest absolute Gasteiger partial charge is 0.478 e. The van der Waals surface area contributed by atoms with Crippen molar-refractivity contribution in [1.29, 1.82) is 0 Å². The highest BCUT2D eigenvalue weighted by atomic mass is 32.2. The Kier molecular flexibility index (Phi) is 5.05. The van der Waals surface area contributed by atoms with Crippen molar-refractivity contribution in [3.8, 4) is 0 Å². The normalized spacial score (nSPS) is 13.2. The fourth-order valence-corrected chi connectivity index (χ4v) is 3.65. The van der Waals surface area contributed by atoms with Crippen molar-refractivity contribution in [3.63, 3.8) is 0 Å². The summed E-state index contributed by atoms with van der Waals surface area (Å²) in [5.41, 5.74) is -0.266. The van der Waals surface area contributed by atoms with Gasteiger partial charge in [-0.25, -0.2) is 17.6 Å². The van der Waals surface area contributed by atoms with Crippen LogP contribution in [0.1, 0.15) is 37.0 Å². The molecule has 0 aliphatic rings. The van der Waals surface area contributed by atoms with Crippen LogP contribution in [-0.2, 0) is 9.84 Å². The molecule has 1 atom stereocenters. The van der Waals surface area contributed by atoms with E-state index in [0.29, 0.717) is 0 Å². The Labute approximate surface area is 112 Å². The van der Waals surface area contributed by atoms with E-state index in [9.17, 15) is 17.6 Å². The van der Waals surface area contributed by atoms with E-state index in [2.05, 4.69) is 0 Å². The van der Waals surface area contributed by atoms with E-state index in [4.69, 9.17) is 5.11 Å². The second-order valence-electron chi connectivity index (χ2n) is 4.63. The van der Waals surface area contributed by atoms with Crippen molar-refractivity contribution in [2.45, 2.75) is 31.6 Å². The fourth-order valence-electron chi connectivity index (χ4n) is 1.93. The zero-order valence-electron chi connectivity index (χ0n) is 10.9. The first-order valence-electron chi connectivity index (χ1n) is 6.03. The Morgan fingerprint density at radius 3 is 2.53 bits per heavy atom. The van der Waals surface area contributed by atoms with Gasteiger partial charge >= 0.3 is 5.97 Å². The van der Waals surface area contributed by atoms with E-state index in [1.165, 1.54) is 0 Å². The molecule has 0 aliphatic heterocycles. The highest BCUT2D eigenvalue weighted by Gasteiger charge is 2.22. The molecular weight excluding hydrogens is 271 g/mol. The minimum Gasteiger partial charge on any atom is -0.478 e. The summed E-state index contributed by atoms with van der Waals surface area (Å²) >= 11 is 0. The summed E-state index contributed by atoms with van der Waals surface area (Å²) in [6, 6.07) is 2.86. The van der Waals surface area contributed by atoms with E-state index in [-0.39, 0.29) is 17.2 Å². The zero-order valence-corrected chi connectivity index (χ0v) is 11.7. The Hall–Kier alpha value is -1.43. The highest BCUT2D eigenvalue weighted by molar-refractivity contribution is 7.91. The predicted octanol–water partition coefficient (Wildman–Crippen LogP) is 2.73. The summed E-state index contributed by atoms with van der Waals surface area (Å²) in [5.74, 6) is -2.50. The Morgan fingerprint density at radius 1 is 1.42 bits per heavy atom. The van der Waals surface area contributed by atoms with Crippen LogP contribution in [0.25, 0.3) is 0 Å². The molecule has 1 rings (SSSR count). The van der Waals surface area contributed by atoms with Crippen LogP contribution in [0.5, 0.6) is 0 Å². The molecule has 0 aliphatic carbocycles. The molecule has 106 valence electrons. The van der Waals surface area contributed by atoms with E-state index < -0.39 is 26.5 Å². The number of hydrogen-bond acceptors (Lipinski definition) is 3. The number of carboxylic acids is 1. The van der Waals surface area contributed by atoms with Crippen molar-refractivity contribution in [2.24, 2.45) is 5.92 Å². The van der Waals surface area contributed by atoms with Gasteiger partial charge in [0.05, 0.1) is 11.3 Å². The van der Waals surface area contributed by atoms with Crippen LogP contribution in [0.15, 0.2) is 23.1 Å². The van der Waals surface area contributed by atoms with Crippen molar-refractivity contribution in [2.75, 3.05) is 5.75 Å². The molecule has 0 saturated heterocycles. The summed E-state index contributed by atoms with van der Waals surface area (Å²) in [6.07, 6.45) is 1.60. The lowest BCUT2D eigenvalue weighted by Gasteiger charge is -2.11. The second-order valence-corrected chi connectivity index (χ2v) is 6.63. The van der Waals surface area contributed by atoms with Gasteiger partial charge in [-0.3, -0.25) is 0 Å². The lowest BCUT2D eigenvalue weighted by atomic mass is 10.1. The fraction of sp³-hybridized carbons (Fsp3) is 0.462. The molecule has 1 N–H and O–H groups in total. The molecular formula is C13H17FO4S. The van der Waals surface area contributed by atoms with Gasteiger partial charge in [-0.05, 0) is 30.5 Å². The lowest BCUT2D eigenvalue weighted by Crippen LogP contribution is -2.15. The first kappa shape index (κ1) is 15.6. The molecule has 0 spiro atoms. The monoisotopic (exact) mass is 288 g/mol. The Balaban J connectivity index is 3.05.